The first-order valence-corrected chi connectivity index (χ1v) is 8.24. The van der Waals surface area contributed by atoms with Crippen molar-refractivity contribution in [2.75, 3.05) is 5.32 Å². The molecule has 118 valence electrons. The molecule has 4 nitrogen and oxygen atoms in total. The summed E-state index contributed by atoms with van der Waals surface area (Å²) in [5.74, 6) is 0.522. The van der Waals surface area contributed by atoms with E-state index in [-0.39, 0.29) is 5.91 Å². The van der Waals surface area contributed by atoms with E-state index in [0.29, 0.717) is 5.75 Å². The Hall–Kier alpha value is -2.40. The van der Waals surface area contributed by atoms with Gasteiger partial charge in [-0.15, -0.1) is 11.3 Å². The highest BCUT2D eigenvalue weighted by atomic mass is 32.1. The van der Waals surface area contributed by atoms with Gasteiger partial charge in [0.1, 0.15) is 5.75 Å². The molecule has 0 saturated carbocycles. The summed E-state index contributed by atoms with van der Waals surface area (Å²) in [7, 11) is 0. The highest BCUT2D eigenvalue weighted by molar-refractivity contribution is 7.18. The molecule has 1 aromatic heterocycles. The van der Waals surface area contributed by atoms with Gasteiger partial charge in [-0.25, -0.2) is 4.98 Å². The first kappa shape index (κ1) is 15.5. The number of carbonyl (C=O) groups is 1. The Morgan fingerprint density at radius 3 is 2.83 bits per heavy atom. The second kappa shape index (κ2) is 6.38. The van der Waals surface area contributed by atoms with E-state index in [2.05, 4.69) is 10.3 Å². The Morgan fingerprint density at radius 2 is 2.04 bits per heavy atom. The fourth-order valence-corrected chi connectivity index (χ4v) is 3.17. The van der Waals surface area contributed by atoms with Gasteiger partial charge in [-0.2, -0.15) is 0 Å². The monoisotopic (exact) mass is 326 g/mol. The van der Waals surface area contributed by atoms with E-state index in [1.54, 1.807) is 18.3 Å². The van der Waals surface area contributed by atoms with E-state index in [1.807, 2.05) is 56.3 Å². The molecule has 1 amide bonds. The largest absolute Gasteiger partial charge is 0.481 e. The summed E-state index contributed by atoms with van der Waals surface area (Å²) >= 11 is 1.61. The molecule has 3 rings (SSSR count). The van der Waals surface area contributed by atoms with Gasteiger partial charge in [0.05, 0.1) is 15.2 Å². The Bertz CT molecular complexity index is 857. The predicted octanol–water partition coefficient (Wildman–Crippen LogP) is 4.32. The Labute approximate surface area is 139 Å². The maximum absolute atomic E-state index is 12.3. The minimum Gasteiger partial charge on any atom is -0.481 e. The van der Waals surface area contributed by atoms with Crippen LogP contribution in [0.2, 0.25) is 0 Å². The fraction of sp³-hybridized carbons (Fsp3) is 0.222. The minimum absolute atomic E-state index is 0.174. The summed E-state index contributed by atoms with van der Waals surface area (Å²) in [6.45, 7) is 5.71. The van der Waals surface area contributed by atoms with Crippen molar-refractivity contribution < 1.29 is 9.53 Å². The van der Waals surface area contributed by atoms with Crippen LogP contribution in [0.1, 0.15) is 17.5 Å². The maximum atomic E-state index is 12.3. The molecule has 23 heavy (non-hydrogen) atoms. The Morgan fingerprint density at radius 1 is 1.22 bits per heavy atom. The highest BCUT2D eigenvalue weighted by Gasteiger charge is 2.15. The number of aromatic nitrogens is 1. The van der Waals surface area contributed by atoms with Crippen LogP contribution in [0.15, 0.2) is 42.5 Å². The summed E-state index contributed by atoms with van der Waals surface area (Å²) < 4.78 is 6.76. The van der Waals surface area contributed by atoms with Crippen LogP contribution in [0.3, 0.4) is 0 Å². The zero-order valence-corrected chi connectivity index (χ0v) is 14.1. The van der Waals surface area contributed by atoms with E-state index >= 15 is 0 Å². The number of hydrogen-bond acceptors (Lipinski definition) is 4. The molecule has 0 spiro atoms. The number of amides is 1. The van der Waals surface area contributed by atoms with Gasteiger partial charge in [0.25, 0.3) is 5.91 Å². The third kappa shape index (κ3) is 3.68. The van der Waals surface area contributed by atoms with Crippen LogP contribution in [-0.4, -0.2) is 17.0 Å². The molecule has 0 aliphatic carbocycles. The molecule has 5 heteroatoms. The summed E-state index contributed by atoms with van der Waals surface area (Å²) in [5.41, 5.74) is 2.81. The predicted molar refractivity (Wildman–Crippen MR) is 94.3 cm³/mol. The highest BCUT2D eigenvalue weighted by Crippen LogP contribution is 2.25. The fourth-order valence-electron chi connectivity index (χ4n) is 2.31. The number of carbonyl (C=O) groups excluding carboxylic acids is 1. The molecule has 3 aromatic rings. The molecule has 0 saturated heterocycles. The lowest BCUT2D eigenvalue weighted by Crippen LogP contribution is -2.30. The first-order chi connectivity index (χ1) is 11.0. The number of thiazole rings is 1. The van der Waals surface area contributed by atoms with E-state index in [4.69, 9.17) is 4.74 Å². The van der Waals surface area contributed by atoms with Crippen molar-refractivity contribution in [3.05, 3.63) is 53.0 Å². The van der Waals surface area contributed by atoms with E-state index < -0.39 is 6.10 Å². The number of anilines is 1. The molecule has 1 N–H and O–H groups in total. The second-order valence-electron chi connectivity index (χ2n) is 5.48. The molecular weight excluding hydrogens is 308 g/mol. The van der Waals surface area contributed by atoms with E-state index in [1.165, 1.54) is 0 Å². The SMILES string of the molecule is Cc1cccc(OC(C)C(=O)Nc2ccc3nc(C)sc3c2)c1. The van der Waals surface area contributed by atoms with Crippen molar-refractivity contribution in [1.29, 1.82) is 0 Å². The topological polar surface area (TPSA) is 51.2 Å². The summed E-state index contributed by atoms with van der Waals surface area (Å²) in [4.78, 5) is 16.7. The van der Waals surface area contributed by atoms with Crippen molar-refractivity contribution in [1.82, 2.24) is 4.98 Å². The van der Waals surface area contributed by atoms with Gasteiger partial charge in [0.15, 0.2) is 6.10 Å². The van der Waals surface area contributed by atoms with E-state index in [9.17, 15) is 4.79 Å². The zero-order valence-electron chi connectivity index (χ0n) is 13.3. The standard InChI is InChI=1S/C18H18N2O2S/c1-11-5-4-6-15(9-11)22-12(2)18(21)20-14-7-8-16-17(10-14)23-13(3)19-16/h4-10,12H,1-3H3,(H,20,21). The maximum Gasteiger partial charge on any atom is 0.265 e. The first-order valence-electron chi connectivity index (χ1n) is 7.42. The van der Waals surface area contributed by atoms with Crippen molar-refractivity contribution in [2.45, 2.75) is 26.9 Å². The number of rotatable bonds is 4. The van der Waals surface area contributed by atoms with Crippen LogP contribution >= 0.6 is 11.3 Å². The lowest BCUT2D eigenvalue weighted by Gasteiger charge is -2.15. The van der Waals surface area contributed by atoms with Crippen molar-refractivity contribution >= 4 is 33.1 Å². The van der Waals surface area contributed by atoms with E-state index in [0.717, 1.165) is 26.5 Å². The number of benzene rings is 2. The van der Waals surface area contributed by atoms with Gasteiger partial charge in [0, 0.05) is 5.69 Å². The molecule has 1 unspecified atom stereocenters. The van der Waals surface area contributed by atoms with Crippen LogP contribution < -0.4 is 10.1 Å². The summed E-state index contributed by atoms with van der Waals surface area (Å²) in [6, 6.07) is 13.4. The van der Waals surface area contributed by atoms with Crippen LogP contribution in [0.5, 0.6) is 5.75 Å². The van der Waals surface area contributed by atoms with Gasteiger partial charge in [0.2, 0.25) is 0 Å². The lowest BCUT2D eigenvalue weighted by molar-refractivity contribution is -0.122. The van der Waals surface area contributed by atoms with Crippen LogP contribution in [0.4, 0.5) is 5.69 Å². The zero-order chi connectivity index (χ0) is 16.4. The number of hydrogen-bond donors (Lipinski definition) is 1. The van der Waals surface area contributed by atoms with Gasteiger partial charge in [-0.3, -0.25) is 4.79 Å². The lowest BCUT2D eigenvalue weighted by atomic mass is 10.2. The molecule has 0 radical (unpaired) electrons. The summed E-state index contributed by atoms with van der Waals surface area (Å²) in [5, 5.41) is 3.91. The molecular formula is C18H18N2O2S. The average Bonchev–Trinajstić information content (AvgIpc) is 2.86. The molecule has 1 heterocycles. The third-order valence-electron chi connectivity index (χ3n) is 3.43. The normalized spacial score (nSPS) is 12.1. The van der Waals surface area contributed by atoms with Gasteiger partial charge >= 0.3 is 0 Å². The molecule has 0 bridgehead atoms. The van der Waals surface area contributed by atoms with Crippen LogP contribution in [-0.2, 0) is 4.79 Å². The van der Waals surface area contributed by atoms with Crippen molar-refractivity contribution in [3.8, 4) is 5.75 Å². The third-order valence-corrected chi connectivity index (χ3v) is 4.37. The van der Waals surface area contributed by atoms with Gasteiger partial charge in [-0.1, -0.05) is 12.1 Å². The average molecular weight is 326 g/mol. The molecule has 0 aliphatic heterocycles. The van der Waals surface area contributed by atoms with Crippen LogP contribution in [0, 0.1) is 13.8 Å². The Balaban J connectivity index is 1.69. The van der Waals surface area contributed by atoms with Gasteiger partial charge in [-0.05, 0) is 56.7 Å². The smallest absolute Gasteiger partial charge is 0.265 e. The number of nitrogens with one attached hydrogen (secondary N) is 1. The number of aryl methyl sites for hydroxylation is 2. The number of fused-ring (bicyclic) bond motifs is 1. The quantitative estimate of drug-likeness (QED) is 0.777. The Kier molecular flexibility index (Phi) is 4.30. The summed E-state index contributed by atoms with van der Waals surface area (Å²) in [6.07, 6.45) is -0.573. The second-order valence-corrected chi connectivity index (χ2v) is 6.72. The van der Waals surface area contributed by atoms with Crippen LogP contribution in [0.25, 0.3) is 10.2 Å². The number of ether oxygens (including phenoxy) is 1. The minimum atomic E-state index is -0.573. The molecule has 0 fully saturated rings. The molecule has 2 aromatic carbocycles. The van der Waals surface area contributed by atoms with Gasteiger partial charge < -0.3 is 10.1 Å². The molecule has 0 aliphatic rings. The molecule has 1 atom stereocenters. The van der Waals surface area contributed by atoms with Crippen molar-refractivity contribution in [3.63, 3.8) is 0 Å². The van der Waals surface area contributed by atoms with Crippen molar-refractivity contribution in [2.24, 2.45) is 0 Å². The number of nitrogens with zero attached hydrogens (tertiary/aromatic N) is 1.